The van der Waals surface area contributed by atoms with Crippen molar-refractivity contribution in [2.75, 3.05) is 6.54 Å². The summed E-state index contributed by atoms with van der Waals surface area (Å²) < 4.78 is 1.72. The Kier molecular flexibility index (Phi) is 4.12. The topological polar surface area (TPSA) is 42.7 Å². The standard InChI is InChI=1S/C12H15ClN4/c1-2-6-14-9-11-10(13)4-5-12(16-11)17-8-3-7-15-17/h3-5,7-8,14H,2,6,9H2,1H3. The lowest BCUT2D eigenvalue weighted by molar-refractivity contribution is 0.661. The maximum atomic E-state index is 6.10. The molecule has 4 nitrogen and oxygen atoms in total. The molecule has 2 rings (SSSR count). The van der Waals surface area contributed by atoms with E-state index in [0.717, 1.165) is 24.5 Å². The molecule has 2 heterocycles. The van der Waals surface area contributed by atoms with E-state index in [2.05, 4.69) is 22.3 Å². The molecule has 0 fully saturated rings. The van der Waals surface area contributed by atoms with Gasteiger partial charge in [0.15, 0.2) is 5.82 Å². The quantitative estimate of drug-likeness (QED) is 0.829. The van der Waals surface area contributed by atoms with Crippen molar-refractivity contribution in [3.8, 4) is 5.82 Å². The van der Waals surface area contributed by atoms with E-state index in [4.69, 9.17) is 11.6 Å². The highest BCUT2D eigenvalue weighted by Crippen LogP contribution is 2.15. The maximum absolute atomic E-state index is 6.10. The number of pyridine rings is 1. The Labute approximate surface area is 106 Å². The third kappa shape index (κ3) is 3.05. The summed E-state index contributed by atoms with van der Waals surface area (Å²) >= 11 is 6.10. The number of nitrogens with zero attached hydrogens (tertiary/aromatic N) is 3. The second kappa shape index (κ2) is 5.80. The van der Waals surface area contributed by atoms with Crippen molar-refractivity contribution in [1.82, 2.24) is 20.1 Å². The summed E-state index contributed by atoms with van der Waals surface area (Å²) in [5, 5.41) is 8.12. The summed E-state index contributed by atoms with van der Waals surface area (Å²) in [6.07, 6.45) is 4.68. The zero-order valence-corrected chi connectivity index (χ0v) is 10.5. The molecule has 90 valence electrons. The normalized spacial score (nSPS) is 10.7. The van der Waals surface area contributed by atoms with Crippen LogP contribution in [0.15, 0.2) is 30.6 Å². The summed E-state index contributed by atoms with van der Waals surface area (Å²) in [5.41, 5.74) is 0.855. The van der Waals surface area contributed by atoms with Gasteiger partial charge in [-0.3, -0.25) is 0 Å². The van der Waals surface area contributed by atoms with Crippen molar-refractivity contribution in [2.24, 2.45) is 0 Å². The molecule has 0 bridgehead atoms. The Morgan fingerprint density at radius 3 is 3.00 bits per heavy atom. The molecule has 0 amide bonds. The van der Waals surface area contributed by atoms with E-state index in [-0.39, 0.29) is 0 Å². The van der Waals surface area contributed by atoms with Gasteiger partial charge in [0.05, 0.1) is 10.7 Å². The van der Waals surface area contributed by atoms with Gasteiger partial charge < -0.3 is 5.32 Å². The largest absolute Gasteiger partial charge is 0.311 e. The fourth-order valence-corrected chi connectivity index (χ4v) is 1.68. The molecular formula is C12H15ClN4. The minimum Gasteiger partial charge on any atom is -0.311 e. The van der Waals surface area contributed by atoms with Crippen molar-refractivity contribution in [3.05, 3.63) is 41.3 Å². The molecule has 0 aliphatic carbocycles. The molecule has 2 aromatic heterocycles. The van der Waals surface area contributed by atoms with Crippen LogP contribution in [0.3, 0.4) is 0 Å². The monoisotopic (exact) mass is 250 g/mol. The average Bonchev–Trinajstić information content (AvgIpc) is 2.85. The van der Waals surface area contributed by atoms with Crippen LogP contribution in [-0.2, 0) is 6.54 Å². The number of hydrogen-bond acceptors (Lipinski definition) is 3. The lowest BCUT2D eigenvalue weighted by Gasteiger charge is -2.07. The Morgan fingerprint density at radius 2 is 2.29 bits per heavy atom. The third-order valence-corrected chi connectivity index (χ3v) is 2.71. The molecule has 0 aromatic carbocycles. The van der Waals surface area contributed by atoms with Crippen molar-refractivity contribution in [2.45, 2.75) is 19.9 Å². The van der Waals surface area contributed by atoms with Crippen LogP contribution in [0.25, 0.3) is 5.82 Å². The molecule has 0 unspecified atom stereocenters. The average molecular weight is 251 g/mol. The highest BCUT2D eigenvalue weighted by molar-refractivity contribution is 6.31. The summed E-state index contributed by atoms with van der Waals surface area (Å²) in [7, 11) is 0. The first kappa shape index (κ1) is 12.1. The zero-order valence-electron chi connectivity index (χ0n) is 9.73. The van der Waals surface area contributed by atoms with E-state index >= 15 is 0 Å². The lowest BCUT2D eigenvalue weighted by atomic mass is 10.3. The summed E-state index contributed by atoms with van der Waals surface area (Å²) in [5.74, 6) is 0.785. The predicted octanol–water partition coefficient (Wildman–Crippen LogP) is 2.42. The number of nitrogens with one attached hydrogen (secondary N) is 1. The number of aromatic nitrogens is 3. The van der Waals surface area contributed by atoms with E-state index in [1.165, 1.54) is 0 Å². The van der Waals surface area contributed by atoms with Crippen molar-refractivity contribution in [1.29, 1.82) is 0 Å². The van der Waals surface area contributed by atoms with E-state index in [1.54, 1.807) is 10.9 Å². The van der Waals surface area contributed by atoms with Gasteiger partial charge in [-0.05, 0) is 31.2 Å². The number of hydrogen-bond donors (Lipinski definition) is 1. The minimum atomic E-state index is 0.682. The fourth-order valence-electron chi connectivity index (χ4n) is 1.51. The number of halogens is 1. The van der Waals surface area contributed by atoms with Gasteiger partial charge in [0.1, 0.15) is 0 Å². The maximum Gasteiger partial charge on any atom is 0.153 e. The molecule has 0 atom stereocenters. The molecule has 0 aliphatic heterocycles. The van der Waals surface area contributed by atoms with Crippen LogP contribution in [0, 0.1) is 0 Å². The van der Waals surface area contributed by atoms with E-state index < -0.39 is 0 Å². The fraction of sp³-hybridized carbons (Fsp3) is 0.333. The smallest absolute Gasteiger partial charge is 0.153 e. The molecule has 0 radical (unpaired) electrons. The first-order valence-corrected chi connectivity index (χ1v) is 6.05. The molecule has 1 N–H and O–H groups in total. The summed E-state index contributed by atoms with van der Waals surface area (Å²) in [6, 6.07) is 5.58. The highest BCUT2D eigenvalue weighted by Gasteiger charge is 2.05. The highest BCUT2D eigenvalue weighted by atomic mass is 35.5. The van der Waals surface area contributed by atoms with Gasteiger partial charge >= 0.3 is 0 Å². The molecule has 5 heteroatoms. The van der Waals surface area contributed by atoms with Crippen LogP contribution in [0.5, 0.6) is 0 Å². The van der Waals surface area contributed by atoms with Gasteiger partial charge in [0, 0.05) is 18.9 Å². The lowest BCUT2D eigenvalue weighted by Crippen LogP contribution is -2.16. The second-order valence-electron chi connectivity index (χ2n) is 3.73. The SMILES string of the molecule is CCCNCc1nc(-n2cccn2)ccc1Cl. The molecule has 0 saturated heterocycles. The van der Waals surface area contributed by atoms with E-state index in [0.29, 0.717) is 11.6 Å². The molecule has 2 aromatic rings. The van der Waals surface area contributed by atoms with Crippen LogP contribution in [-0.4, -0.2) is 21.3 Å². The van der Waals surface area contributed by atoms with Crippen LogP contribution in [0.2, 0.25) is 5.02 Å². The molecule has 0 spiro atoms. The van der Waals surface area contributed by atoms with Gasteiger partial charge in [0.2, 0.25) is 0 Å². The van der Waals surface area contributed by atoms with Crippen molar-refractivity contribution < 1.29 is 0 Å². The minimum absolute atomic E-state index is 0.682. The van der Waals surface area contributed by atoms with Crippen molar-refractivity contribution >= 4 is 11.6 Å². The predicted molar refractivity (Wildman–Crippen MR) is 68.4 cm³/mol. The van der Waals surface area contributed by atoms with Crippen LogP contribution in [0.4, 0.5) is 0 Å². The first-order valence-electron chi connectivity index (χ1n) is 5.67. The summed E-state index contributed by atoms with van der Waals surface area (Å²) in [6.45, 7) is 3.77. The van der Waals surface area contributed by atoms with Gasteiger partial charge in [-0.1, -0.05) is 18.5 Å². The third-order valence-electron chi connectivity index (χ3n) is 2.36. The van der Waals surface area contributed by atoms with Crippen LogP contribution < -0.4 is 5.32 Å². The first-order chi connectivity index (χ1) is 8.31. The van der Waals surface area contributed by atoms with Crippen molar-refractivity contribution in [3.63, 3.8) is 0 Å². The Morgan fingerprint density at radius 1 is 1.41 bits per heavy atom. The zero-order chi connectivity index (χ0) is 12.1. The van der Waals surface area contributed by atoms with Gasteiger partial charge in [0.25, 0.3) is 0 Å². The molecule has 0 aliphatic rings. The molecule has 0 saturated carbocycles. The molecule has 17 heavy (non-hydrogen) atoms. The van der Waals surface area contributed by atoms with Crippen LogP contribution in [0.1, 0.15) is 19.0 Å². The van der Waals surface area contributed by atoms with Gasteiger partial charge in [-0.15, -0.1) is 0 Å². The van der Waals surface area contributed by atoms with Gasteiger partial charge in [-0.2, -0.15) is 5.10 Å². The Hall–Kier alpha value is -1.39. The van der Waals surface area contributed by atoms with E-state index in [1.807, 2.05) is 24.4 Å². The van der Waals surface area contributed by atoms with Crippen LogP contribution >= 0.6 is 11.6 Å². The van der Waals surface area contributed by atoms with Gasteiger partial charge in [-0.25, -0.2) is 9.67 Å². The number of rotatable bonds is 5. The van der Waals surface area contributed by atoms with E-state index in [9.17, 15) is 0 Å². The second-order valence-corrected chi connectivity index (χ2v) is 4.13. The Balaban J connectivity index is 2.18. The molecular weight excluding hydrogens is 236 g/mol. The Bertz CT molecular complexity index is 467. The summed E-state index contributed by atoms with van der Waals surface area (Å²) in [4.78, 5) is 4.49.